The minimum Gasteiger partial charge on any atom is -0.360 e. The van der Waals surface area contributed by atoms with Crippen LogP contribution in [0.3, 0.4) is 0 Å². The first-order valence-electron chi connectivity index (χ1n) is 6.33. The quantitative estimate of drug-likeness (QED) is 0.864. The minimum absolute atomic E-state index is 0.0461. The van der Waals surface area contributed by atoms with Crippen LogP contribution in [-0.2, 0) is 14.8 Å². The van der Waals surface area contributed by atoms with Crippen molar-refractivity contribution in [2.75, 3.05) is 22.4 Å². The highest BCUT2D eigenvalue weighted by Gasteiger charge is 2.25. The molecule has 0 aliphatic rings. The van der Waals surface area contributed by atoms with Crippen LogP contribution in [-0.4, -0.2) is 32.3 Å². The highest BCUT2D eigenvalue weighted by Crippen LogP contribution is 2.34. The molecule has 124 valence electrons. The monoisotopic (exact) mass is 377 g/mol. The molecule has 7 nitrogen and oxygen atoms in total. The fraction of sp³-hybridized carbons (Fsp3) is 0.231. The lowest BCUT2D eigenvalue weighted by atomic mass is 10.3. The van der Waals surface area contributed by atoms with Gasteiger partial charge in [-0.1, -0.05) is 34.4 Å². The largest absolute Gasteiger partial charge is 0.360 e. The molecule has 0 bridgehead atoms. The van der Waals surface area contributed by atoms with Gasteiger partial charge < -0.3 is 9.84 Å². The highest BCUT2D eigenvalue weighted by atomic mass is 35.5. The number of rotatable bonds is 5. The van der Waals surface area contributed by atoms with E-state index in [4.69, 9.17) is 27.7 Å². The van der Waals surface area contributed by atoms with Crippen LogP contribution < -0.4 is 9.62 Å². The SMILES string of the molecule is Cc1cc(NC(=O)CN(c2c(Cl)cccc2Cl)S(C)(=O)=O)no1. The molecule has 2 aromatic rings. The number of aromatic nitrogens is 1. The molecule has 0 aliphatic heterocycles. The predicted molar refractivity (Wildman–Crippen MR) is 88.5 cm³/mol. The first-order chi connectivity index (χ1) is 10.7. The van der Waals surface area contributed by atoms with Gasteiger partial charge in [0.05, 0.1) is 22.0 Å². The van der Waals surface area contributed by atoms with Crippen LogP contribution in [0.15, 0.2) is 28.8 Å². The molecule has 0 spiro atoms. The summed E-state index contributed by atoms with van der Waals surface area (Å²) in [7, 11) is -3.79. The summed E-state index contributed by atoms with van der Waals surface area (Å²) in [6, 6.07) is 6.05. The second-order valence-electron chi connectivity index (χ2n) is 4.71. The Bertz CT molecular complexity index is 815. The van der Waals surface area contributed by atoms with Crippen molar-refractivity contribution in [3.63, 3.8) is 0 Å². The first kappa shape index (κ1) is 17.6. The van der Waals surface area contributed by atoms with Crippen molar-refractivity contribution in [3.8, 4) is 0 Å². The van der Waals surface area contributed by atoms with E-state index in [1.807, 2.05) is 0 Å². The third-order valence-corrected chi connectivity index (χ3v) is 4.49. The Balaban J connectivity index is 2.28. The van der Waals surface area contributed by atoms with E-state index < -0.39 is 22.5 Å². The first-order valence-corrected chi connectivity index (χ1v) is 8.94. The third-order valence-electron chi connectivity index (χ3n) is 2.77. The van der Waals surface area contributed by atoms with Crippen molar-refractivity contribution < 1.29 is 17.7 Å². The molecule has 1 aromatic carbocycles. The Morgan fingerprint density at radius 3 is 2.43 bits per heavy atom. The number of para-hydroxylation sites is 1. The number of carbonyl (C=O) groups excluding carboxylic acids is 1. The number of sulfonamides is 1. The number of aryl methyl sites for hydroxylation is 1. The molecule has 0 saturated heterocycles. The van der Waals surface area contributed by atoms with Crippen molar-refractivity contribution >= 4 is 50.6 Å². The minimum atomic E-state index is -3.79. The lowest BCUT2D eigenvalue weighted by molar-refractivity contribution is -0.114. The van der Waals surface area contributed by atoms with Gasteiger partial charge in [-0.05, 0) is 19.1 Å². The number of nitrogens with zero attached hydrogens (tertiary/aromatic N) is 2. The van der Waals surface area contributed by atoms with E-state index in [0.29, 0.717) is 5.76 Å². The van der Waals surface area contributed by atoms with Gasteiger partial charge in [-0.2, -0.15) is 0 Å². The molecular weight excluding hydrogens is 365 g/mol. The summed E-state index contributed by atoms with van der Waals surface area (Å²) in [5, 5.41) is 6.28. The van der Waals surface area contributed by atoms with Gasteiger partial charge in [0, 0.05) is 6.07 Å². The van der Waals surface area contributed by atoms with Crippen molar-refractivity contribution in [1.29, 1.82) is 0 Å². The molecule has 1 N–H and O–H groups in total. The van der Waals surface area contributed by atoms with Crippen LogP contribution in [0.2, 0.25) is 10.0 Å². The smallest absolute Gasteiger partial charge is 0.246 e. The van der Waals surface area contributed by atoms with Crippen LogP contribution in [0, 0.1) is 6.92 Å². The number of halogens is 2. The summed E-state index contributed by atoms with van der Waals surface area (Å²) in [4.78, 5) is 12.1. The van der Waals surface area contributed by atoms with E-state index in [0.717, 1.165) is 10.6 Å². The van der Waals surface area contributed by atoms with Crippen LogP contribution in [0.25, 0.3) is 0 Å². The van der Waals surface area contributed by atoms with Gasteiger partial charge in [0.15, 0.2) is 5.82 Å². The average Bonchev–Trinajstić information content (AvgIpc) is 2.81. The number of nitrogens with one attached hydrogen (secondary N) is 1. The molecule has 10 heteroatoms. The van der Waals surface area contributed by atoms with Crippen LogP contribution in [0.4, 0.5) is 11.5 Å². The molecule has 0 unspecified atom stereocenters. The summed E-state index contributed by atoms with van der Waals surface area (Å²) in [5.41, 5.74) is 0.0461. The normalized spacial score (nSPS) is 11.3. The third kappa shape index (κ3) is 4.37. The van der Waals surface area contributed by atoms with Gasteiger partial charge in [0.2, 0.25) is 15.9 Å². The molecule has 23 heavy (non-hydrogen) atoms. The Kier molecular flexibility index (Phi) is 5.18. The fourth-order valence-corrected chi connectivity index (χ4v) is 3.41. The zero-order valence-corrected chi connectivity index (χ0v) is 14.5. The number of benzene rings is 1. The predicted octanol–water partition coefficient (Wildman–Crippen LogP) is 2.69. The summed E-state index contributed by atoms with van der Waals surface area (Å²) in [6.07, 6.45) is 0.959. The van der Waals surface area contributed by atoms with Gasteiger partial charge in [0.1, 0.15) is 12.3 Å². The Morgan fingerprint density at radius 1 is 1.35 bits per heavy atom. The van der Waals surface area contributed by atoms with Crippen molar-refractivity contribution in [2.24, 2.45) is 0 Å². The van der Waals surface area contributed by atoms with E-state index in [1.165, 1.54) is 18.2 Å². The fourth-order valence-electron chi connectivity index (χ4n) is 1.83. The lowest BCUT2D eigenvalue weighted by Gasteiger charge is -2.23. The lowest BCUT2D eigenvalue weighted by Crippen LogP contribution is -2.37. The van der Waals surface area contributed by atoms with Gasteiger partial charge in [-0.15, -0.1) is 0 Å². The van der Waals surface area contributed by atoms with Crippen molar-refractivity contribution in [3.05, 3.63) is 40.1 Å². The maximum absolute atomic E-state index is 12.1. The molecule has 2 rings (SSSR count). The molecular formula is C13H13Cl2N3O4S. The van der Waals surface area contributed by atoms with Gasteiger partial charge >= 0.3 is 0 Å². The number of amides is 1. The number of hydrogen-bond donors (Lipinski definition) is 1. The van der Waals surface area contributed by atoms with Crippen LogP contribution >= 0.6 is 23.2 Å². The van der Waals surface area contributed by atoms with Crippen molar-refractivity contribution in [1.82, 2.24) is 5.16 Å². The maximum Gasteiger partial charge on any atom is 0.246 e. The number of hydrogen-bond acceptors (Lipinski definition) is 5. The molecule has 0 radical (unpaired) electrons. The Morgan fingerprint density at radius 2 is 1.96 bits per heavy atom. The number of anilines is 2. The van der Waals surface area contributed by atoms with E-state index in [1.54, 1.807) is 13.0 Å². The molecule has 0 fully saturated rings. The zero-order chi connectivity index (χ0) is 17.2. The maximum atomic E-state index is 12.1. The molecule has 1 aromatic heterocycles. The van der Waals surface area contributed by atoms with E-state index in [-0.39, 0.29) is 21.6 Å². The topological polar surface area (TPSA) is 92.5 Å². The second-order valence-corrected chi connectivity index (χ2v) is 7.43. The van der Waals surface area contributed by atoms with Gasteiger partial charge in [0.25, 0.3) is 0 Å². The molecule has 0 atom stereocenters. The Hall–Kier alpha value is -1.77. The second kappa shape index (κ2) is 6.77. The van der Waals surface area contributed by atoms with Gasteiger partial charge in [-0.25, -0.2) is 8.42 Å². The summed E-state index contributed by atoms with van der Waals surface area (Å²) in [6.45, 7) is 1.16. The number of carbonyl (C=O) groups is 1. The summed E-state index contributed by atoms with van der Waals surface area (Å²) >= 11 is 12.1. The van der Waals surface area contributed by atoms with Gasteiger partial charge in [-0.3, -0.25) is 9.10 Å². The molecule has 0 aliphatic carbocycles. The molecule has 1 amide bonds. The van der Waals surface area contributed by atoms with E-state index >= 15 is 0 Å². The summed E-state index contributed by atoms with van der Waals surface area (Å²) in [5.74, 6) is 0.0836. The average molecular weight is 378 g/mol. The summed E-state index contributed by atoms with van der Waals surface area (Å²) < 4.78 is 29.7. The van der Waals surface area contributed by atoms with Crippen LogP contribution in [0.5, 0.6) is 0 Å². The standard InChI is InChI=1S/C13H13Cl2N3O4S/c1-8-6-11(17-22-8)16-12(19)7-18(23(2,20)21)13-9(14)4-3-5-10(13)15/h3-6H,7H2,1-2H3,(H,16,17,19). The zero-order valence-electron chi connectivity index (χ0n) is 12.2. The van der Waals surface area contributed by atoms with E-state index in [9.17, 15) is 13.2 Å². The highest BCUT2D eigenvalue weighted by molar-refractivity contribution is 7.92. The molecule has 0 saturated carbocycles. The molecule has 1 heterocycles. The van der Waals surface area contributed by atoms with E-state index in [2.05, 4.69) is 10.5 Å². The van der Waals surface area contributed by atoms with Crippen LogP contribution in [0.1, 0.15) is 5.76 Å². The Labute approximate surface area is 143 Å². The van der Waals surface area contributed by atoms with Crippen molar-refractivity contribution in [2.45, 2.75) is 6.92 Å².